The summed E-state index contributed by atoms with van der Waals surface area (Å²) in [5.74, 6) is -1.44. The number of hydrogen-bond donors (Lipinski definition) is 2. The molecule has 1 fully saturated rings. The fourth-order valence-corrected chi connectivity index (χ4v) is 10.8. The highest BCUT2D eigenvalue weighted by Crippen LogP contribution is 2.25. The molecule has 0 aromatic heterocycles. The van der Waals surface area contributed by atoms with Crippen LogP contribution in [0.15, 0.2) is 12.2 Å². The highest BCUT2D eigenvalue weighted by atomic mass is 16.6. The Morgan fingerprint density at radius 3 is 0.873 bits per heavy atom. The molecule has 1 heterocycles. The number of carbonyl (C=O) groups excluding carboxylic acids is 2. The van der Waals surface area contributed by atoms with Crippen molar-refractivity contribution in [2.24, 2.45) is 11.3 Å². The molecule has 2 N–H and O–H groups in total. The largest absolute Gasteiger partial charge is 0.465 e. The molecule has 0 aliphatic carbocycles. The minimum Gasteiger partial charge on any atom is -0.465 e. The van der Waals surface area contributed by atoms with Crippen molar-refractivity contribution in [3.05, 3.63) is 12.2 Å². The van der Waals surface area contributed by atoms with Crippen molar-refractivity contribution in [3.8, 4) is 0 Å². The average molecular weight is 1000 g/mol. The van der Waals surface area contributed by atoms with Gasteiger partial charge in [0.15, 0.2) is 0 Å². The maximum absolute atomic E-state index is 12.5. The number of carbonyl (C=O) groups is 2. The Kier molecular flexibility index (Phi) is 52.2. The highest BCUT2D eigenvalue weighted by molar-refractivity contribution is 5.80. The van der Waals surface area contributed by atoms with E-state index in [1.54, 1.807) is 0 Å². The number of ether oxygens (including phenoxy) is 2. The van der Waals surface area contributed by atoms with Crippen LogP contribution in [0.1, 0.15) is 354 Å². The van der Waals surface area contributed by atoms with Gasteiger partial charge in [0.1, 0.15) is 13.2 Å². The standard InChI is InChI=1S/C65H124O6/c1-2-3-4-5-6-7-8-9-10-11-12-13-14-15-16-17-18-19-20-21-22-23-24-25-26-27-28-29-30-31-32-33-34-35-36-37-38-39-40-41-42-43-44-45-46-47-48-49-50-51-52-53-54-55-56-62-57-63(68)70-60-65(58-66,59-67)61-71-64(62)69/h50-51,62,66-67H,2-49,52-61H2,1H3/b51-50+. The maximum atomic E-state index is 12.5. The van der Waals surface area contributed by atoms with E-state index in [4.69, 9.17) is 9.47 Å². The van der Waals surface area contributed by atoms with Crippen LogP contribution in [0.4, 0.5) is 0 Å². The van der Waals surface area contributed by atoms with Crippen LogP contribution in [-0.2, 0) is 19.1 Å². The number of esters is 2. The number of aliphatic hydroxyl groups excluding tert-OH is 2. The predicted octanol–water partition coefficient (Wildman–Crippen LogP) is 20.3. The number of allylic oxidation sites excluding steroid dienone is 2. The van der Waals surface area contributed by atoms with Crippen molar-refractivity contribution >= 4 is 11.9 Å². The zero-order chi connectivity index (χ0) is 51.1. The van der Waals surface area contributed by atoms with Gasteiger partial charge in [0.2, 0.25) is 0 Å². The normalized spacial score (nSPS) is 15.3. The molecule has 420 valence electrons. The van der Waals surface area contributed by atoms with E-state index in [-0.39, 0.29) is 19.6 Å². The van der Waals surface area contributed by atoms with Gasteiger partial charge in [0.05, 0.1) is 31.0 Å². The smallest absolute Gasteiger partial charge is 0.309 e. The third-order valence-electron chi connectivity index (χ3n) is 16.0. The van der Waals surface area contributed by atoms with Crippen LogP contribution < -0.4 is 0 Å². The molecule has 1 aliphatic heterocycles. The molecule has 0 bridgehead atoms. The molecule has 0 saturated carbocycles. The third-order valence-corrected chi connectivity index (χ3v) is 16.0. The lowest BCUT2D eigenvalue weighted by Crippen LogP contribution is -2.40. The lowest BCUT2D eigenvalue weighted by Gasteiger charge is -2.27. The van der Waals surface area contributed by atoms with E-state index in [0.29, 0.717) is 6.42 Å². The van der Waals surface area contributed by atoms with Crippen molar-refractivity contribution in [3.63, 3.8) is 0 Å². The Morgan fingerprint density at radius 2 is 0.606 bits per heavy atom. The van der Waals surface area contributed by atoms with Gasteiger partial charge in [-0.1, -0.05) is 327 Å². The van der Waals surface area contributed by atoms with Crippen molar-refractivity contribution in [1.29, 1.82) is 0 Å². The number of cyclic esters (lactones) is 2. The van der Waals surface area contributed by atoms with E-state index in [9.17, 15) is 19.8 Å². The number of aliphatic hydroxyl groups is 2. The summed E-state index contributed by atoms with van der Waals surface area (Å²) in [5.41, 5.74) is -1.13. The summed E-state index contributed by atoms with van der Waals surface area (Å²) in [4.78, 5) is 24.7. The predicted molar refractivity (Wildman–Crippen MR) is 306 cm³/mol. The van der Waals surface area contributed by atoms with Gasteiger partial charge in [-0.15, -0.1) is 0 Å². The lowest BCUT2D eigenvalue weighted by atomic mass is 9.92. The third kappa shape index (κ3) is 46.8. The van der Waals surface area contributed by atoms with E-state index < -0.39 is 36.5 Å². The van der Waals surface area contributed by atoms with Crippen LogP contribution in [0.5, 0.6) is 0 Å². The van der Waals surface area contributed by atoms with Crippen molar-refractivity contribution in [2.45, 2.75) is 354 Å². The topological polar surface area (TPSA) is 93.1 Å². The van der Waals surface area contributed by atoms with Crippen LogP contribution >= 0.6 is 0 Å². The number of hydrogen-bond acceptors (Lipinski definition) is 6. The molecule has 0 radical (unpaired) electrons. The summed E-state index contributed by atoms with van der Waals surface area (Å²) in [7, 11) is 0. The van der Waals surface area contributed by atoms with Crippen LogP contribution in [0, 0.1) is 11.3 Å². The van der Waals surface area contributed by atoms with E-state index in [1.165, 1.54) is 308 Å². The van der Waals surface area contributed by atoms with Gasteiger partial charge in [-0.25, -0.2) is 0 Å². The second kappa shape index (κ2) is 54.8. The van der Waals surface area contributed by atoms with Crippen LogP contribution in [0.3, 0.4) is 0 Å². The summed E-state index contributed by atoms with van der Waals surface area (Å²) in [6.07, 6.45) is 78.8. The van der Waals surface area contributed by atoms with E-state index in [1.807, 2.05) is 0 Å². The molecule has 0 spiro atoms. The summed E-state index contributed by atoms with van der Waals surface area (Å²) >= 11 is 0. The Labute approximate surface area is 443 Å². The van der Waals surface area contributed by atoms with E-state index in [0.717, 1.165) is 25.7 Å². The molecule has 1 rings (SSSR count). The SMILES string of the molecule is CCCCCCCCCCCCCCCCCCCCCCCCCCCCCCCCCCCCCCCCCCCCCCCCC/C=C/CCCCCC1CC(=O)OCC(CO)(CO)COC1=O. The Hall–Kier alpha value is -1.40. The Bertz CT molecular complexity index is 1120. The van der Waals surface area contributed by atoms with Gasteiger partial charge in [-0.05, 0) is 32.1 Å². The van der Waals surface area contributed by atoms with E-state index in [2.05, 4.69) is 19.1 Å². The summed E-state index contributed by atoms with van der Waals surface area (Å²) in [6, 6.07) is 0. The van der Waals surface area contributed by atoms with Crippen molar-refractivity contribution in [2.75, 3.05) is 26.4 Å². The van der Waals surface area contributed by atoms with Gasteiger partial charge >= 0.3 is 11.9 Å². The number of unbranched alkanes of at least 4 members (excludes halogenated alkanes) is 50. The van der Waals surface area contributed by atoms with Gasteiger partial charge < -0.3 is 19.7 Å². The second-order valence-corrected chi connectivity index (χ2v) is 23.1. The zero-order valence-corrected chi connectivity index (χ0v) is 47.8. The molecule has 1 aliphatic rings. The molecule has 71 heavy (non-hydrogen) atoms. The van der Waals surface area contributed by atoms with Gasteiger partial charge in [-0.3, -0.25) is 9.59 Å². The molecule has 0 amide bonds. The minimum absolute atomic E-state index is 0.00841. The van der Waals surface area contributed by atoms with Crippen molar-refractivity contribution in [1.82, 2.24) is 0 Å². The molecule has 1 unspecified atom stereocenters. The van der Waals surface area contributed by atoms with Gasteiger partial charge in [-0.2, -0.15) is 0 Å². The molecule has 6 nitrogen and oxygen atoms in total. The average Bonchev–Trinajstić information content (AvgIpc) is 3.44. The van der Waals surface area contributed by atoms with Gasteiger partial charge in [0.25, 0.3) is 0 Å². The summed E-state index contributed by atoms with van der Waals surface area (Å²) in [6.45, 7) is 1.19. The molecule has 1 atom stereocenters. The molecule has 0 aromatic carbocycles. The monoisotopic (exact) mass is 1000 g/mol. The first kappa shape index (κ1) is 67.6. The highest BCUT2D eigenvalue weighted by Gasteiger charge is 2.36. The lowest BCUT2D eigenvalue weighted by molar-refractivity contribution is -0.155. The quantitative estimate of drug-likeness (QED) is 0.0358. The minimum atomic E-state index is -1.13. The zero-order valence-electron chi connectivity index (χ0n) is 47.8. The fraction of sp³-hybridized carbons (Fsp3) is 0.938. The summed E-state index contributed by atoms with van der Waals surface area (Å²) < 4.78 is 10.6. The molecule has 0 aromatic rings. The maximum Gasteiger partial charge on any atom is 0.309 e. The first-order valence-electron chi connectivity index (χ1n) is 32.3. The van der Waals surface area contributed by atoms with E-state index >= 15 is 0 Å². The molecular formula is C65H124O6. The second-order valence-electron chi connectivity index (χ2n) is 23.1. The van der Waals surface area contributed by atoms with Gasteiger partial charge in [0, 0.05) is 0 Å². The molecule has 1 saturated heterocycles. The first-order valence-corrected chi connectivity index (χ1v) is 32.3. The number of rotatable bonds is 56. The van der Waals surface area contributed by atoms with Crippen LogP contribution in [0.2, 0.25) is 0 Å². The molecular weight excluding hydrogens is 877 g/mol. The first-order chi connectivity index (χ1) is 35.1. The summed E-state index contributed by atoms with van der Waals surface area (Å²) in [5, 5.41) is 19.2. The van der Waals surface area contributed by atoms with Crippen molar-refractivity contribution < 1.29 is 29.3 Å². The fourth-order valence-electron chi connectivity index (χ4n) is 10.8. The van der Waals surface area contributed by atoms with Crippen LogP contribution in [0.25, 0.3) is 0 Å². The van der Waals surface area contributed by atoms with Crippen LogP contribution in [-0.4, -0.2) is 48.6 Å². The Balaban J connectivity index is 1.68. The Morgan fingerprint density at radius 1 is 0.366 bits per heavy atom. The molecule has 6 heteroatoms.